The number of nitrogens with zero attached hydrogens (tertiary/aromatic N) is 5. The van der Waals surface area contributed by atoms with Crippen LogP contribution in [-0.4, -0.2) is 125 Å². The predicted octanol–water partition coefficient (Wildman–Crippen LogP) is -0.595. The Balaban J connectivity index is 1.18. The van der Waals surface area contributed by atoms with Gasteiger partial charge in [-0.05, 0) is 26.8 Å². The minimum atomic E-state index is -1.82. The van der Waals surface area contributed by atoms with Gasteiger partial charge in [-0.15, -0.1) is 23.1 Å². The number of aromatic nitrogens is 2. The molecule has 19 nitrogen and oxygen atoms in total. The molecule has 7 N–H and O–H groups in total. The molecule has 6 rings (SSSR count). The molecular weight excluding hydrogens is 773 g/mol. The lowest BCUT2D eigenvalue weighted by Gasteiger charge is -2.53. The number of quaternary nitrogens is 1. The molecule has 3 aliphatic heterocycles. The smallest absolute Gasteiger partial charge is 0.350 e. The summed E-state index contributed by atoms with van der Waals surface area (Å²) in [6.07, 6.45) is 3.03. The van der Waals surface area contributed by atoms with Gasteiger partial charge in [-0.25, -0.2) is 9.78 Å². The summed E-state index contributed by atoms with van der Waals surface area (Å²) < 4.78 is 1.90. The van der Waals surface area contributed by atoms with Gasteiger partial charge in [0.1, 0.15) is 29.2 Å². The highest BCUT2D eigenvalue weighted by atomic mass is 32.2. The third-order valence-corrected chi connectivity index (χ3v) is 12.3. The number of phenols is 2. The zero-order valence-electron chi connectivity index (χ0n) is 30.7. The van der Waals surface area contributed by atoms with Crippen molar-refractivity contribution in [2.24, 2.45) is 12.2 Å². The number of fused-ring (bicyclic) bond motifs is 2. The minimum absolute atomic E-state index is 0.0194. The molecule has 0 unspecified atom stereocenters. The number of phenolic OH excluding ortho intramolecular Hbond substituents is 2. The summed E-state index contributed by atoms with van der Waals surface area (Å²) in [6, 6.07) is 1.16. The maximum Gasteiger partial charge on any atom is 0.350 e. The molecule has 0 spiro atoms. The van der Waals surface area contributed by atoms with Crippen LogP contribution in [0.3, 0.4) is 0 Å². The van der Waals surface area contributed by atoms with E-state index in [1.165, 1.54) is 47.8 Å². The average Bonchev–Trinajstić information content (AvgIpc) is 3.79. The number of carboxylic acids is 2. The summed E-state index contributed by atoms with van der Waals surface area (Å²) in [7, 11) is 1.60. The molecule has 2 aromatic heterocycles. The predicted molar refractivity (Wildman–Crippen MR) is 201 cm³/mol. The zero-order valence-corrected chi connectivity index (χ0v) is 32.4. The number of aromatic hydroxyl groups is 2. The second kappa shape index (κ2) is 15.1. The van der Waals surface area contributed by atoms with Crippen molar-refractivity contribution < 1.29 is 53.7 Å². The number of thioether (sulfide) groups is 1. The van der Waals surface area contributed by atoms with E-state index in [9.17, 15) is 49.2 Å². The number of nitrogen functional groups attached to an aromatic ring is 1. The van der Waals surface area contributed by atoms with Gasteiger partial charge >= 0.3 is 5.97 Å². The molecule has 2 saturated heterocycles. The van der Waals surface area contributed by atoms with Gasteiger partial charge in [-0.1, -0.05) is 5.16 Å². The van der Waals surface area contributed by atoms with E-state index in [0.717, 1.165) is 35.1 Å². The maximum absolute atomic E-state index is 13.6. The molecule has 21 heteroatoms. The number of carboxylic acid groups (broad SMARTS) is 2. The summed E-state index contributed by atoms with van der Waals surface area (Å²) in [5.74, 6) is -6.08. The highest BCUT2D eigenvalue weighted by Gasteiger charge is 2.55. The molecule has 56 heavy (non-hydrogen) atoms. The molecule has 2 fully saturated rings. The number of β-lactam (4-membered cyclic amide) rings is 1. The fraction of sp³-hybridized carbons (Fsp3) is 0.429. The van der Waals surface area contributed by atoms with Gasteiger partial charge in [0.2, 0.25) is 11.0 Å². The largest absolute Gasteiger partial charge is 0.543 e. The van der Waals surface area contributed by atoms with Crippen LogP contribution in [0.25, 0.3) is 10.9 Å². The Morgan fingerprint density at radius 3 is 2.46 bits per heavy atom. The number of aryl methyl sites for hydroxylation is 1. The normalized spacial score (nSPS) is 20.7. The van der Waals surface area contributed by atoms with E-state index >= 15 is 0 Å². The summed E-state index contributed by atoms with van der Waals surface area (Å²) in [6.45, 7) is 6.34. The van der Waals surface area contributed by atoms with Crippen LogP contribution in [0.15, 0.2) is 44.9 Å². The van der Waals surface area contributed by atoms with Crippen LogP contribution >= 0.6 is 23.1 Å². The van der Waals surface area contributed by atoms with Gasteiger partial charge < -0.3 is 55.5 Å². The van der Waals surface area contributed by atoms with Crippen molar-refractivity contribution in [3.63, 3.8) is 0 Å². The molecule has 3 aromatic rings. The molecule has 0 saturated carbocycles. The van der Waals surface area contributed by atoms with Crippen LogP contribution in [-0.2, 0) is 31.1 Å². The van der Waals surface area contributed by atoms with Crippen LogP contribution < -0.4 is 26.9 Å². The first-order chi connectivity index (χ1) is 26.3. The number of oxime groups is 1. The number of aliphatic carboxylic acids is 2. The number of amides is 3. The summed E-state index contributed by atoms with van der Waals surface area (Å²) in [4.78, 5) is 88.2. The number of hydrogen-bond acceptors (Lipinski definition) is 15. The van der Waals surface area contributed by atoms with Crippen LogP contribution in [0.1, 0.15) is 49.7 Å². The Bertz CT molecular complexity index is 2280. The highest BCUT2D eigenvalue weighted by molar-refractivity contribution is 8.00. The molecule has 0 aliphatic carbocycles. The van der Waals surface area contributed by atoms with E-state index in [2.05, 4.69) is 20.8 Å². The van der Waals surface area contributed by atoms with Crippen LogP contribution in [0, 0.1) is 0 Å². The van der Waals surface area contributed by atoms with E-state index in [1.807, 2.05) is 0 Å². The SMILES string of the molecule is C[C@@H]1S[C@@H]2[C@H](NC(=O)/C(=N\OC(C)(C)C(=O)O)c3csc(N)n3)C(=O)N2C(C(=O)[O-])=C1C[N+]1(CCNC(=O)c2cn(C)c3cc(O)c(O)cc3c2=O)CCCC1. The Morgan fingerprint density at radius 2 is 1.84 bits per heavy atom. The number of pyridine rings is 1. The zero-order chi connectivity index (χ0) is 40.9. The summed E-state index contributed by atoms with van der Waals surface area (Å²) in [5, 5.41) is 51.5. The maximum atomic E-state index is 13.6. The van der Waals surface area contributed by atoms with Crippen molar-refractivity contribution in [1.29, 1.82) is 0 Å². The summed E-state index contributed by atoms with van der Waals surface area (Å²) in [5.41, 5.74) is 3.20. The number of anilines is 1. The average molecular weight is 813 g/mol. The quantitative estimate of drug-likeness (QED) is 0.0414. The standard InChI is InChI=1S/C35H40N8O11S2/c1-16-19(14-43(8-5-6-9-43)10-7-37-28(47)18-13-41(4)21-12-23(45)22(44)11-17(21)27(18)46)26(32(50)51)42-30(49)25(31(42)56-16)39-29(48)24(20-15-55-34(36)38-20)40-54-35(2,3)33(52)53/h11-13,15-16,25,31H,5-10,14H2,1-4H3,(H7-,36,37,38,39,40,44,45,46,47,48,50,51,52,53)/t16-,25+,31+/m0/s1. The Morgan fingerprint density at radius 1 is 1.16 bits per heavy atom. The number of thiazole rings is 1. The Kier molecular flexibility index (Phi) is 10.8. The lowest BCUT2D eigenvalue weighted by atomic mass is 9.99. The summed E-state index contributed by atoms with van der Waals surface area (Å²) >= 11 is 2.27. The van der Waals surface area contributed by atoms with Gasteiger partial charge in [0.05, 0.1) is 48.7 Å². The third-order valence-electron chi connectivity index (χ3n) is 10.2. The second-order valence-corrected chi connectivity index (χ2v) is 16.7. The van der Waals surface area contributed by atoms with Gasteiger partial charge in [-0.3, -0.25) is 24.1 Å². The molecule has 3 amide bonds. The monoisotopic (exact) mass is 812 g/mol. The van der Waals surface area contributed by atoms with Crippen LogP contribution in [0.4, 0.5) is 5.13 Å². The first-order valence-corrected chi connectivity index (χ1v) is 19.3. The van der Waals surface area contributed by atoms with E-state index in [-0.39, 0.29) is 40.6 Å². The lowest BCUT2D eigenvalue weighted by Crippen LogP contribution is -2.72. The van der Waals surface area contributed by atoms with Gasteiger partial charge in [-0.2, -0.15) is 0 Å². The van der Waals surface area contributed by atoms with Gasteiger partial charge in [0.25, 0.3) is 17.7 Å². The van der Waals surface area contributed by atoms with E-state index < -0.39 is 74.6 Å². The molecule has 298 valence electrons. The number of carbonyl (C=O) groups excluding carboxylic acids is 4. The number of carbonyl (C=O) groups is 5. The molecule has 3 atom stereocenters. The van der Waals surface area contributed by atoms with Crippen molar-refractivity contribution >= 4 is 74.5 Å². The van der Waals surface area contributed by atoms with Crippen LogP contribution in [0.5, 0.6) is 11.5 Å². The molecule has 3 aliphatic rings. The molecule has 5 heterocycles. The molecular formula is C35H40N8O11S2. The fourth-order valence-corrected chi connectivity index (χ4v) is 9.04. The number of nitrogens with two attached hydrogens (primary N) is 1. The minimum Gasteiger partial charge on any atom is -0.543 e. The second-order valence-electron chi connectivity index (χ2n) is 14.4. The number of rotatable bonds is 13. The number of nitrogens with one attached hydrogen (secondary N) is 2. The molecule has 0 bridgehead atoms. The number of hydrogen-bond donors (Lipinski definition) is 6. The van der Waals surface area contributed by atoms with Gasteiger partial charge in [0.15, 0.2) is 22.3 Å². The Labute approximate surface area is 327 Å². The van der Waals surface area contributed by atoms with Crippen molar-refractivity contribution in [2.45, 2.75) is 55.9 Å². The molecule has 1 aromatic carbocycles. The van der Waals surface area contributed by atoms with Crippen molar-refractivity contribution in [1.82, 2.24) is 25.1 Å². The van der Waals surface area contributed by atoms with Crippen molar-refractivity contribution in [2.75, 3.05) is 38.5 Å². The third kappa shape index (κ3) is 7.48. The Hall–Kier alpha value is -5.67. The van der Waals surface area contributed by atoms with E-state index in [1.54, 1.807) is 14.0 Å². The van der Waals surface area contributed by atoms with Crippen LogP contribution in [0.2, 0.25) is 0 Å². The van der Waals surface area contributed by atoms with E-state index in [4.69, 9.17) is 10.6 Å². The first-order valence-electron chi connectivity index (χ1n) is 17.5. The highest BCUT2D eigenvalue weighted by Crippen LogP contribution is 2.45. The van der Waals surface area contributed by atoms with Gasteiger partial charge in [0, 0.05) is 48.4 Å². The van der Waals surface area contributed by atoms with Crippen molar-refractivity contribution in [3.8, 4) is 11.5 Å². The van der Waals surface area contributed by atoms with E-state index in [0.29, 0.717) is 35.2 Å². The first kappa shape index (κ1) is 40.0. The van der Waals surface area contributed by atoms with Crippen molar-refractivity contribution in [3.05, 3.63) is 56.5 Å². The topological polar surface area (TPSA) is 279 Å². The fourth-order valence-electron chi connectivity index (χ4n) is 7.05. The molecule has 0 radical (unpaired) electrons. The number of likely N-dealkylation sites (tertiary alicyclic amines) is 1. The lowest BCUT2D eigenvalue weighted by molar-refractivity contribution is -0.911. The number of benzene rings is 1.